The van der Waals surface area contributed by atoms with Gasteiger partial charge in [0.25, 0.3) is 5.91 Å². The van der Waals surface area contributed by atoms with Crippen molar-refractivity contribution in [2.75, 3.05) is 6.54 Å². The van der Waals surface area contributed by atoms with E-state index in [0.717, 1.165) is 29.1 Å². The summed E-state index contributed by atoms with van der Waals surface area (Å²) < 4.78 is 13.5. The third-order valence-corrected chi connectivity index (χ3v) is 4.59. The van der Waals surface area contributed by atoms with E-state index in [-0.39, 0.29) is 10.9 Å². The van der Waals surface area contributed by atoms with E-state index in [0.29, 0.717) is 17.7 Å². The standard InChI is InChI=1S/C20H15ClFN3O/c21-16-4-2-12(9-17(16)22)1-3-14-10-13(5-7-23-14)19-11-15-18(25-19)6-8-24-20(15)26/h1-5,7,9-11,25H,6,8H2,(H,24,26). The molecule has 26 heavy (non-hydrogen) atoms. The number of halogens is 2. The number of amides is 1. The largest absolute Gasteiger partial charge is 0.358 e. The molecule has 0 aliphatic carbocycles. The Morgan fingerprint density at radius 1 is 1.15 bits per heavy atom. The maximum atomic E-state index is 13.5. The number of rotatable bonds is 3. The first-order chi connectivity index (χ1) is 12.6. The zero-order valence-electron chi connectivity index (χ0n) is 13.7. The second-order valence-corrected chi connectivity index (χ2v) is 6.46. The first kappa shape index (κ1) is 16.5. The lowest BCUT2D eigenvalue weighted by atomic mass is 10.1. The van der Waals surface area contributed by atoms with Gasteiger partial charge in [0, 0.05) is 36.1 Å². The predicted octanol–water partition coefficient (Wildman–Crippen LogP) is 4.33. The second kappa shape index (κ2) is 6.77. The van der Waals surface area contributed by atoms with E-state index in [1.807, 2.05) is 24.3 Å². The topological polar surface area (TPSA) is 57.8 Å². The molecule has 4 nitrogen and oxygen atoms in total. The van der Waals surface area contributed by atoms with Gasteiger partial charge in [-0.3, -0.25) is 9.78 Å². The highest BCUT2D eigenvalue weighted by atomic mass is 35.5. The molecule has 1 aromatic carbocycles. The second-order valence-electron chi connectivity index (χ2n) is 6.06. The van der Waals surface area contributed by atoms with Gasteiger partial charge in [-0.05, 0) is 42.0 Å². The minimum absolute atomic E-state index is 0.0484. The quantitative estimate of drug-likeness (QED) is 0.724. The Morgan fingerprint density at radius 2 is 2.04 bits per heavy atom. The van der Waals surface area contributed by atoms with Crippen molar-refractivity contribution < 1.29 is 9.18 Å². The number of pyridine rings is 1. The number of hydrogen-bond donors (Lipinski definition) is 2. The van der Waals surface area contributed by atoms with E-state index in [2.05, 4.69) is 15.3 Å². The van der Waals surface area contributed by atoms with Crippen molar-refractivity contribution in [2.24, 2.45) is 0 Å². The fourth-order valence-electron chi connectivity index (χ4n) is 2.95. The first-order valence-corrected chi connectivity index (χ1v) is 8.57. The van der Waals surface area contributed by atoms with Gasteiger partial charge in [-0.2, -0.15) is 0 Å². The van der Waals surface area contributed by atoms with Gasteiger partial charge >= 0.3 is 0 Å². The molecule has 2 aromatic heterocycles. The normalized spacial score (nSPS) is 13.7. The SMILES string of the molecule is O=C1NCCc2[nH]c(-c3ccnc(C=Cc4ccc(Cl)c(F)c4)c3)cc21. The lowest BCUT2D eigenvalue weighted by Gasteiger charge is -2.10. The zero-order chi connectivity index (χ0) is 18.1. The van der Waals surface area contributed by atoms with Gasteiger partial charge in [0.2, 0.25) is 0 Å². The Hall–Kier alpha value is -2.92. The van der Waals surface area contributed by atoms with Crippen molar-refractivity contribution in [2.45, 2.75) is 6.42 Å². The lowest BCUT2D eigenvalue weighted by molar-refractivity contribution is 0.0946. The van der Waals surface area contributed by atoms with E-state index < -0.39 is 5.82 Å². The predicted molar refractivity (Wildman–Crippen MR) is 100 cm³/mol. The summed E-state index contributed by atoms with van der Waals surface area (Å²) >= 11 is 5.70. The molecule has 0 unspecified atom stereocenters. The fraction of sp³-hybridized carbons (Fsp3) is 0.100. The summed E-state index contributed by atoms with van der Waals surface area (Å²) in [5.74, 6) is -0.501. The maximum Gasteiger partial charge on any atom is 0.253 e. The van der Waals surface area contributed by atoms with Crippen molar-refractivity contribution in [3.8, 4) is 11.3 Å². The number of fused-ring (bicyclic) bond motifs is 1. The Labute approximate surface area is 154 Å². The number of H-pyrrole nitrogens is 1. The van der Waals surface area contributed by atoms with Crippen LogP contribution in [-0.4, -0.2) is 22.4 Å². The molecule has 130 valence electrons. The molecule has 0 atom stereocenters. The molecular weight excluding hydrogens is 353 g/mol. The van der Waals surface area contributed by atoms with Gasteiger partial charge in [-0.25, -0.2) is 4.39 Å². The van der Waals surface area contributed by atoms with Gasteiger partial charge in [0.05, 0.1) is 16.3 Å². The van der Waals surface area contributed by atoms with Crippen LogP contribution in [0.15, 0.2) is 42.6 Å². The number of aromatic nitrogens is 2. The van der Waals surface area contributed by atoms with Crippen LogP contribution in [0, 0.1) is 5.82 Å². The number of nitrogens with zero attached hydrogens (tertiary/aromatic N) is 1. The molecule has 6 heteroatoms. The highest BCUT2D eigenvalue weighted by Gasteiger charge is 2.19. The Morgan fingerprint density at radius 3 is 2.85 bits per heavy atom. The van der Waals surface area contributed by atoms with Crippen LogP contribution < -0.4 is 5.32 Å². The van der Waals surface area contributed by atoms with Crippen LogP contribution in [0.5, 0.6) is 0 Å². The van der Waals surface area contributed by atoms with E-state index >= 15 is 0 Å². The van der Waals surface area contributed by atoms with E-state index in [9.17, 15) is 9.18 Å². The molecule has 0 saturated carbocycles. The fourth-order valence-corrected chi connectivity index (χ4v) is 3.07. The van der Waals surface area contributed by atoms with Crippen molar-refractivity contribution in [3.05, 3.63) is 75.9 Å². The molecule has 1 aliphatic heterocycles. The summed E-state index contributed by atoms with van der Waals surface area (Å²) in [4.78, 5) is 19.5. The Kier molecular flexibility index (Phi) is 4.31. The summed E-state index contributed by atoms with van der Waals surface area (Å²) in [5, 5.41) is 2.94. The third-order valence-electron chi connectivity index (χ3n) is 4.29. The molecule has 0 fully saturated rings. The zero-order valence-corrected chi connectivity index (χ0v) is 14.5. The minimum Gasteiger partial charge on any atom is -0.358 e. The first-order valence-electron chi connectivity index (χ1n) is 8.20. The number of nitrogens with one attached hydrogen (secondary N) is 2. The summed E-state index contributed by atoms with van der Waals surface area (Å²) in [7, 11) is 0. The molecule has 0 bridgehead atoms. The number of hydrogen-bond acceptors (Lipinski definition) is 2. The Balaban J connectivity index is 1.62. The molecular formula is C20H15ClFN3O. The van der Waals surface area contributed by atoms with E-state index in [1.165, 1.54) is 12.1 Å². The average molecular weight is 368 g/mol. The van der Waals surface area contributed by atoms with Crippen LogP contribution >= 0.6 is 11.6 Å². The maximum absolute atomic E-state index is 13.5. The molecule has 1 aliphatic rings. The highest BCUT2D eigenvalue weighted by molar-refractivity contribution is 6.30. The van der Waals surface area contributed by atoms with Crippen LogP contribution in [0.3, 0.4) is 0 Å². The number of aromatic amines is 1. The van der Waals surface area contributed by atoms with Crippen molar-refractivity contribution in [3.63, 3.8) is 0 Å². The summed E-state index contributed by atoms with van der Waals surface area (Å²) in [6, 6.07) is 10.3. The van der Waals surface area contributed by atoms with Crippen LogP contribution in [-0.2, 0) is 6.42 Å². The molecule has 0 saturated heterocycles. The van der Waals surface area contributed by atoms with Crippen LogP contribution in [0.2, 0.25) is 5.02 Å². The van der Waals surface area contributed by atoms with Crippen molar-refractivity contribution >= 4 is 29.7 Å². The average Bonchev–Trinajstić information content (AvgIpc) is 3.09. The molecule has 3 heterocycles. The molecule has 2 N–H and O–H groups in total. The summed E-state index contributed by atoms with van der Waals surface area (Å²) in [5.41, 5.74) is 4.89. The van der Waals surface area contributed by atoms with Gasteiger partial charge < -0.3 is 10.3 Å². The van der Waals surface area contributed by atoms with Gasteiger partial charge in [0.1, 0.15) is 5.82 Å². The number of carbonyl (C=O) groups excluding carboxylic acids is 1. The van der Waals surface area contributed by atoms with E-state index in [4.69, 9.17) is 11.6 Å². The lowest BCUT2D eigenvalue weighted by Crippen LogP contribution is -2.31. The Bertz CT molecular complexity index is 1030. The van der Waals surface area contributed by atoms with Gasteiger partial charge in [0.15, 0.2) is 0 Å². The number of benzene rings is 1. The van der Waals surface area contributed by atoms with Crippen LogP contribution in [0.1, 0.15) is 27.3 Å². The van der Waals surface area contributed by atoms with Crippen LogP contribution in [0.4, 0.5) is 4.39 Å². The van der Waals surface area contributed by atoms with E-state index in [1.54, 1.807) is 18.3 Å². The van der Waals surface area contributed by atoms with Crippen molar-refractivity contribution in [1.82, 2.24) is 15.3 Å². The van der Waals surface area contributed by atoms with Crippen LogP contribution in [0.25, 0.3) is 23.4 Å². The third kappa shape index (κ3) is 3.26. The minimum atomic E-state index is -0.453. The molecule has 0 radical (unpaired) electrons. The number of carbonyl (C=O) groups is 1. The summed E-state index contributed by atoms with van der Waals surface area (Å²) in [6.07, 6.45) is 6.08. The van der Waals surface area contributed by atoms with Gasteiger partial charge in [-0.15, -0.1) is 0 Å². The molecule has 3 aromatic rings. The van der Waals surface area contributed by atoms with Crippen molar-refractivity contribution in [1.29, 1.82) is 0 Å². The van der Waals surface area contributed by atoms with Gasteiger partial charge in [-0.1, -0.05) is 23.7 Å². The molecule has 1 amide bonds. The molecule has 4 rings (SSSR count). The highest BCUT2D eigenvalue weighted by Crippen LogP contribution is 2.25. The monoisotopic (exact) mass is 367 g/mol. The smallest absolute Gasteiger partial charge is 0.253 e. The summed E-state index contributed by atoms with van der Waals surface area (Å²) in [6.45, 7) is 0.647. The molecule has 0 spiro atoms.